The van der Waals surface area contributed by atoms with E-state index in [2.05, 4.69) is 10.5 Å². The van der Waals surface area contributed by atoms with Crippen LogP contribution in [0.25, 0.3) is 0 Å². The number of carbonyl (C=O) groups excluding carboxylic acids is 1. The van der Waals surface area contributed by atoms with Crippen LogP contribution in [0.5, 0.6) is 0 Å². The molecule has 1 aromatic rings. The van der Waals surface area contributed by atoms with Gasteiger partial charge in [0, 0.05) is 5.56 Å². The van der Waals surface area contributed by atoms with Crippen LogP contribution in [0.1, 0.15) is 36.9 Å². The second kappa shape index (κ2) is 4.66. The van der Waals surface area contributed by atoms with Crippen molar-refractivity contribution in [2.45, 2.75) is 39.1 Å². The molecule has 0 aliphatic heterocycles. The number of halogens is 1. The Morgan fingerprint density at radius 2 is 2.07 bits per heavy atom. The van der Waals surface area contributed by atoms with E-state index in [0.29, 0.717) is 0 Å². The molecule has 1 amide bonds. The number of carbonyl (C=O) groups is 1. The third kappa shape index (κ3) is 2.72. The van der Waals surface area contributed by atoms with Gasteiger partial charge in [-0.3, -0.25) is 4.79 Å². The number of alkyl halides is 1. The standard InChI is InChI=1S/C10H15ClN2O2/c1-5(11)10(14)12-6(2)9-7(3)13-15-8(9)4/h5-6H,1-4H3,(H,12,14). The fourth-order valence-electron chi connectivity index (χ4n) is 1.51. The number of aromatic nitrogens is 1. The van der Waals surface area contributed by atoms with E-state index < -0.39 is 5.38 Å². The summed E-state index contributed by atoms with van der Waals surface area (Å²) in [6.45, 7) is 7.18. The van der Waals surface area contributed by atoms with Gasteiger partial charge in [-0.2, -0.15) is 0 Å². The normalized spacial score (nSPS) is 14.7. The van der Waals surface area contributed by atoms with Crippen molar-refractivity contribution in [3.8, 4) is 0 Å². The Kier molecular flexibility index (Phi) is 3.74. The minimum absolute atomic E-state index is 0.134. The monoisotopic (exact) mass is 230 g/mol. The van der Waals surface area contributed by atoms with Gasteiger partial charge in [0.05, 0.1) is 11.7 Å². The highest BCUT2D eigenvalue weighted by atomic mass is 35.5. The second-order valence-corrected chi connectivity index (χ2v) is 4.24. The topological polar surface area (TPSA) is 55.1 Å². The van der Waals surface area contributed by atoms with Gasteiger partial charge < -0.3 is 9.84 Å². The summed E-state index contributed by atoms with van der Waals surface area (Å²) in [5.74, 6) is 0.534. The minimum atomic E-state index is -0.534. The van der Waals surface area contributed by atoms with E-state index in [1.54, 1.807) is 6.92 Å². The van der Waals surface area contributed by atoms with Crippen molar-refractivity contribution < 1.29 is 9.32 Å². The van der Waals surface area contributed by atoms with Gasteiger partial charge in [-0.05, 0) is 27.7 Å². The molecule has 0 saturated heterocycles. The Morgan fingerprint density at radius 1 is 1.47 bits per heavy atom. The lowest BCUT2D eigenvalue weighted by molar-refractivity contribution is -0.121. The van der Waals surface area contributed by atoms with E-state index in [-0.39, 0.29) is 11.9 Å². The summed E-state index contributed by atoms with van der Waals surface area (Å²) in [7, 11) is 0. The first-order valence-electron chi connectivity index (χ1n) is 4.80. The fraction of sp³-hybridized carbons (Fsp3) is 0.600. The van der Waals surface area contributed by atoms with Gasteiger partial charge in [-0.25, -0.2) is 0 Å². The van der Waals surface area contributed by atoms with Gasteiger partial charge in [0.1, 0.15) is 11.1 Å². The molecule has 0 aromatic carbocycles. The molecule has 0 aliphatic carbocycles. The lowest BCUT2D eigenvalue weighted by Gasteiger charge is -2.14. The van der Waals surface area contributed by atoms with Crippen LogP contribution in [-0.2, 0) is 4.79 Å². The highest BCUT2D eigenvalue weighted by Gasteiger charge is 2.19. The average Bonchev–Trinajstić information content (AvgIpc) is 2.45. The van der Waals surface area contributed by atoms with Gasteiger partial charge in [-0.15, -0.1) is 11.6 Å². The number of rotatable bonds is 3. The van der Waals surface area contributed by atoms with Crippen molar-refractivity contribution in [3.05, 3.63) is 17.0 Å². The minimum Gasteiger partial charge on any atom is -0.361 e. The Labute approximate surface area is 94.0 Å². The predicted molar refractivity (Wildman–Crippen MR) is 57.8 cm³/mol. The quantitative estimate of drug-likeness (QED) is 0.809. The van der Waals surface area contributed by atoms with Crippen molar-refractivity contribution in [2.24, 2.45) is 0 Å². The highest BCUT2D eigenvalue weighted by molar-refractivity contribution is 6.30. The molecule has 1 N–H and O–H groups in total. The SMILES string of the molecule is Cc1noc(C)c1C(C)NC(=O)C(C)Cl. The molecule has 2 atom stereocenters. The molecule has 2 unspecified atom stereocenters. The Morgan fingerprint density at radius 3 is 2.47 bits per heavy atom. The smallest absolute Gasteiger partial charge is 0.238 e. The third-order valence-electron chi connectivity index (χ3n) is 2.24. The van der Waals surface area contributed by atoms with E-state index >= 15 is 0 Å². The molecule has 0 saturated carbocycles. The summed E-state index contributed by atoms with van der Waals surface area (Å²) < 4.78 is 5.02. The molecule has 0 bridgehead atoms. The van der Waals surface area contributed by atoms with E-state index in [9.17, 15) is 4.79 Å². The molecule has 0 aliphatic rings. The largest absolute Gasteiger partial charge is 0.361 e. The average molecular weight is 231 g/mol. The van der Waals surface area contributed by atoms with Crippen LogP contribution < -0.4 is 5.32 Å². The molecular weight excluding hydrogens is 216 g/mol. The van der Waals surface area contributed by atoms with E-state index in [4.69, 9.17) is 16.1 Å². The zero-order chi connectivity index (χ0) is 11.6. The number of hydrogen-bond donors (Lipinski definition) is 1. The maximum atomic E-state index is 11.4. The molecule has 0 spiro atoms. The van der Waals surface area contributed by atoms with Crippen molar-refractivity contribution >= 4 is 17.5 Å². The first kappa shape index (κ1) is 12.0. The van der Waals surface area contributed by atoms with Crippen LogP contribution >= 0.6 is 11.6 Å². The highest BCUT2D eigenvalue weighted by Crippen LogP contribution is 2.20. The number of aryl methyl sites for hydroxylation is 2. The van der Waals surface area contributed by atoms with Gasteiger partial charge in [0.25, 0.3) is 0 Å². The Bertz CT molecular complexity index is 341. The molecule has 5 heteroatoms. The summed E-state index contributed by atoms with van der Waals surface area (Å²) >= 11 is 5.66. The molecule has 15 heavy (non-hydrogen) atoms. The molecule has 0 radical (unpaired) electrons. The summed E-state index contributed by atoms with van der Waals surface area (Å²) in [5, 5.41) is 6.09. The molecule has 4 nitrogen and oxygen atoms in total. The van der Waals surface area contributed by atoms with Gasteiger partial charge in [0.15, 0.2) is 0 Å². The Hall–Kier alpha value is -1.03. The third-order valence-corrected chi connectivity index (χ3v) is 2.44. The summed E-state index contributed by atoms with van der Waals surface area (Å²) in [6, 6.07) is -0.134. The molecule has 1 rings (SSSR count). The van der Waals surface area contributed by atoms with E-state index in [0.717, 1.165) is 17.0 Å². The maximum absolute atomic E-state index is 11.4. The number of nitrogens with zero attached hydrogens (tertiary/aromatic N) is 1. The van der Waals surface area contributed by atoms with Gasteiger partial charge in [-0.1, -0.05) is 5.16 Å². The van der Waals surface area contributed by atoms with Crippen molar-refractivity contribution in [1.82, 2.24) is 10.5 Å². The van der Waals surface area contributed by atoms with Crippen molar-refractivity contribution in [1.29, 1.82) is 0 Å². The second-order valence-electron chi connectivity index (χ2n) is 3.58. The number of hydrogen-bond acceptors (Lipinski definition) is 3. The van der Waals surface area contributed by atoms with E-state index in [1.807, 2.05) is 20.8 Å². The summed E-state index contributed by atoms with van der Waals surface area (Å²) in [6.07, 6.45) is 0. The summed E-state index contributed by atoms with van der Waals surface area (Å²) in [4.78, 5) is 11.4. The fourth-order valence-corrected chi connectivity index (χ4v) is 1.57. The van der Waals surface area contributed by atoms with Gasteiger partial charge >= 0.3 is 0 Å². The van der Waals surface area contributed by atoms with Gasteiger partial charge in [0.2, 0.25) is 5.91 Å². The van der Waals surface area contributed by atoms with Crippen LogP contribution in [0.3, 0.4) is 0 Å². The zero-order valence-corrected chi connectivity index (χ0v) is 10.1. The Balaban J connectivity index is 2.77. The zero-order valence-electron chi connectivity index (χ0n) is 9.30. The molecule has 1 aromatic heterocycles. The molecule has 1 heterocycles. The number of nitrogens with one attached hydrogen (secondary N) is 1. The molecular formula is C10H15ClN2O2. The van der Waals surface area contributed by atoms with Crippen LogP contribution in [0.15, 0.2) is 4.52 Å². The van der Waals surface area contributed by atoms with Crippen LogP contribution in [-0.4, -0.2) is 16.4 Å². The first-order valence-corrected chi connectivity index (χ1v) is 5.24. The maximum Gasteiger partial charge on any atom is 0.238 e. The lowest BCUT2D eigenvalue weighted by atomic mass is 10.1. The van der Waals surface area contributed by atoms with Crippen LogP contribution in [0.2, 0.25) is 0 Å². The van der Waals surface area contributed by atoms with Crippen molar-refractivity contribution in [3.63, 3.8) is 0 Å². The lowest BCUT2D eigenvalue weighted by Crippen LogP contribution is -2.32. The van der Waals surface area contributed by atoms with Crippen LogP contribution in [0, 0.1) is 13.8 Å². The molecule has 84 valence electrons. The predicted octanol–water partition coefficient (Wildman–Crippen LogP) is 2.10. The van der Waals surface area contributed by atoms with Crippen LogP contribution in [0.4, 0.5) is 0 Å². The first-order chi connectivity index (χ1) is 6.93. The molecule has 0 fully saturated rings. The van der Waals surface area contributed by atoms with Crippen molar-refractivity contribution in [2.75, 3.05) is 0 Å². The summed E-state index contributed by atoms with van der Waals surface area (Å²) in [5.41, 5.74) is 1.71. The number of amides is 1. The van der Waals surface area contributed by atoms with E-state index in [1.165, 1.54) is 0 Å².